The molecule has 1 aliphatic rings. The lowest BCUT2D eigenvalue weighted by molar-refractivity contribution is -0.137. The number of aliphatic carboxylic acids is 1. The van der Waals surface area contributed by atoms with Gasteiger partial charge in [0.1, 0.15) is 0 Å². The van der Waals surface area contributed by atoms with Crippen LogP contribution < -0.4 is 15.2 Å². The molecule has 3 N–H and O–H groups in total. The maximum Gasteiger partial charge on any atom is 0.303 e. The van der Waals surface area contributed by atoms with E-state index in [1.54, 1.807) is 18.2 Å². The zero-order valence-corrected chi connectivity index (χ0v) is 11.0. The number of rotatable bonds is 5. The van der Waals surface area contributed by atoms with Crippen molar-refractivity contribution in [2.24, 2.45) is 5.73 Å². The van der Waals surface area contributed by atoms with Crippen LogP contribution in [0, 0.1) is 0 Å². The number of hydrogen-bond donors (Lipinski definition) is 2. The lowest BCUT2D eigenvalue weighted by atomic mass is 10.0. The lowest BCUT2D eigenvalue weighted by Gasteiger charge is -2.12. The van der Waals surface area contributed by atoms with Gasteiger partial charge in [-0.1, -0.05) is 0 Å². The summed E-state index contributed by atoms with van der Waals surface area (Å²) in [4.78, 5) is 22.6. The number of fused-ring (bicyclic) bond motifs is 1. The van der Waals surface area contributed by atoms with Crippen molar-refractivity contribution in [3.05, 3.63) is 23.8 Å². The molecule has 0 bridgehead atoms. The van der Waals surface area contributed by atoms with E-state index in [-0.39, 0.29) is 18.6 Å². The van der Waals surface area contributed by atoms with E-state index in [9.17, 15) is 9.59 Å². The molecule has 20 heavy (non-hydrogen) atoms. The average Bonchev–Trinajstić information content (AvgIpc) is 2.68. The summed E-state index contributed by atoms with van der Waals surface area (Å²) in [5, 5.41) is 8.60. The Balaban J connectivity index is 2.10. The monoisotopic (exact) mass is 279 g/mol. The molecule has 1 aromatic rings. The summed E-state index contributed by atoms with van der Waals surface area (Å²) in [5.41, 5.74) is 6.13. The Morgan fingerprint density at radius 1 is 1.25 bits per heavy atom. The zero-order chi connectivity index (χ0) is 14.5. The summed E-state index contributed by atoms with van der Waals surface area (Å²) < 4.78 is 11.0. The average molecular weight is 279 g/mol. The van der Waals surface area contributed by atoms with Gasteiger partial charge in [0.15, 0.2) is 17.3 Å². The highest BCUT2D eigenvalue weighted by Crippen LogP contribution is 2.30. The molecule has 1 aromatic carbocycles. The molecule has 1 atom stereocenters. The standard InChI is InChI=1S/C14H17NO5/c15-10(3-5-13(16)17)14(18)9-2-4-11-12(8-9)20-7-1-6-19-11/h2,4,8,10H,1,3,5-7,15H2,(H,16,17). The maximum absolute atomic E-state index is 12.1. The maximum atomic E-state index is 12.1. The van der Waals surface area contributed by atoms with Crippen molar-refractivity contribution in [2.75, 3.05) is 13.2 Å². The van der Waals surface area contributed by atoms with E-state index in [0.29, 0.717) is 30.3 Å². The molecule has 0 aliphatic carbocycles. The zero-order valence-electron chi connectivity index (χ0n) is 11.0. The van der Waals surface area contributed by atoms with Gasteiger partial charge in [-0.3, -0.25) is 9.59 Å². The first-order valence-corrected chi connectivity index (χ1v) is 6.49. The second-order valence-corrected chi connectivity index (χ2v) is 4.62. The van der Waals surface area contributed by atoms with Crippen LogP contribution in [0.1, 0.15) is 29.6 Å². The second-order valence-electron chi connectivity index (χ2n) is 4.62. The summed E-state index contributed by atoms with van der Waals surface area (Å²) in [5.74, 6) is -0.120. The van der Waals surface area contributed by atoms with Crippen molar-refractivity contribution >= 4 is 11.8 Å². The van der Waals surface area contributed by atoms with Crippen LogP contribution in [0.2, 0.25) is 0 Å². The Labute approximate surface area is 116 Å². The number of hydrogen-bond acceptors (Lipinski definition) is 5. The van der Waals surface area contributed by atoms with Crippen LogP contribution in [0.3, 0.4) is 0 Å². The molecule has 0 aromatic heterocycles. The number of ketones is 1. The van der Waals surface area contributed by atoms with Crippen molar-refractivity contribution < 1.29 is 24.2 Å². The fraction of sp³-hybridized carbons (Fsp3) is 0.429. The highest BCUT2D eigenvalue weighted by atomic mass is 16.5. The first kappa shape index (κ1) is 14.3. The van der Waals surface area contributed by atoms with Crippen LogP contribution in [0.25, 0.3) is 0 Å². The van der Waals surface area contributed by atoms with E-state index < -0.39 is 12.0 Å². The van der Waals surface area contributed by atoms with Gasteiger partial charge >= 0.3 is 5.97 Å². The van der Waals surface area contributed by atoms with Crippen LogP contribution in [-0.4, -0.2) is 36.1 Å². The van der Waals surface area contributed by atoms with Crippen molar-refractivity contribution in [2.45, 2.75) is 25.3 Å². The molecule has 1 heterocycles. The van der Waals surface area contributed by atoms with Crippen LogP contribution in [0.5, 0.6) is 11.5 Å². The van der Waals surface area contributed by atoms with Crippen molar-refractivity contribution in [3.63, 3.8) is 0 Å². The highest BCUT2D eigenvalue weighted by Gasteiger charge is 2.19. The summed E-state index contributed by atoms with van der Waals surface area (Å²) in [7, 11) is 0. The molecule has 0 fully saturated rings. The van der Waals surface area contributed by atoms with E-state index in [4.69, 9.17) is 20.3 Å². The van der Waals surface area contributed by atoms with E-state index in [2.05, 4.69) is 0 Å². The number of carbonyl (C=O) groups excluding carboxylic acids is 1. The predicted molar refractivity (Wildman–Crippen MR) is 71.2 cm³/mol. The molecule has 0 saturated carbocycles. The number of carbonyl (C=O) groups is 2. The number of ether oxygens (including phenoxy) is 2. The Morgan fingerprint density at radius 3 is 2.65 bits per heavy atom. The van der Waals surface area contributed by atoms with Gasteiger partial charge < -0.3 is 20.3 Å². The fourth-order valence-corrected chi connectivity index (χ4v) is 1.94. The van der Waals surface area contributed by atoms with E-state index >= 15 is 0 Å². The van der Waals surface area contributed by atoms with Crippen molar-refractivity contribution in [1.82, 2.24) is 0 Å². The molecular weight excluding hydrogens is 262 g/mol. The van der Waals surface area contributed by atoms with Gasteiger partial charge in [-0.05, 0) is 24.6 Å². The van der Waals surface area contributed by atoms with Gasteiger partial charge in [0, 0.05) is 18.4 Å². The Kier molecular flexibility index (Phi) is 4.57. The normalized spacial score (nSPS) is 15.2. The third-order valence-electron chi connectivity index (χ3n) is 3.04. The first-order chi connectivity index (χ1) is 9.58. The topological polar surface area (TPSA) is 98.9 Å². The van der Waals surface area contributed by atoms with Gasteiger partial charge in [-0.25, -0.2) is 0 Å². The summed E-state index contributed by atoms with van der Waals surface area (Å²) in [6, 6.07) is 4.08. The van der Waals surface area contributed by atoms with Crippen LogP contribution in [-0.2, 0) is 4.79 Å². The minimum Gasteiger partial charge on any atom is -0.490 e. The summed E-state index contributed by atoms with van der Waals surface area (Å²) in [6.45, 7) is 1.12. The molecule has 6 nitrogen and oxygen atoms in total. The number of nitrogens with two attached hydrogens (primary N) is 1. The van der Waals surface area contributed by atoms with Gasteiger partial charge in [-0.2, -0.15) is 0 Å². The molecule has 0 amide bonds. The van der Waals surface area contributed by atoms with Gasteiger partial charge in [0.25, 0.3) is 0 Å². The SMILES string of the molecule is NC(CCC(=O)O)C(=O)c1ccc2c(c1)OCCCO2. The van der Waals surface area contributed by atoms with Gasteiger partial charge in [0.05, 0.1) is 19.3 Å². The predicted octanol–water partition coefficient (Wildman–Crippen LogP) is 1.22. The molecular formula is C14H17NO5. The largest absolute Gasteiger partial charge is 0.490 e. The van der Waals surface area contributed by atoms with E-state index in [0.717, 1.165) is 6.42 Å². The van der Waals surface area contributed by atoms with E-state index in [1.165, 1.54) is 0 Å². The third-order valence-corrected chi connectivity index (χ3v) is 3.04. The number of carboxylic acid groups (broad SMARTS) is 1. The number of benzene rings is 1. The molecule has 2 rings (SSSR count). The summed E-state index contributed by atoms with van der Waals surface area (Å²) in [6.07, 6.45) is 0.774. The molecule has 1 unspecified atom stereocenters. The van der Waals surface area contributed by atoms with Gasteiger partial charge in [-0.15, -0.1) is 0 Å². The van der Waals surface area contributed by atoms with E-state index in [1.807, 2.05) is 0 Å². The Bertz CT molecular complexity index is 514. The Morgan fingerprint density at radius 2 is 1.95 bits per heavy atom. The number of Topliss-reactive ketones (excluding diaryl/α,β-unsaturated/α-hetero) is 1. The first-order valence-electron chi connectivity index (χ1n) is 6.49. The van der Waals surface area contributed by atoms with Crippen LogP contribution in [0.4, 0.5) is 0 Å². The van der Waals surface area contributed by atoms with Crippen molar-refractivity contribution in [3.8, 4) is 11.5 Å². The molecule has 0 saturated heterocycles. The molecule has 0 radical (unpaired) electrons. The molecule has 6 heteroatoms. The minimum atomic E-state index is -0.966. The summed E-state index contributed by atoms with van der Waals surface area (Å²) >= 11 is 0. The fourth-order valence-electron chi connectivity index (χ4n) is 1.94. The third kappa shape index (κ3) is 3.48. The second kappa shape index (κ2) is 6.38. The van der Waals surface area contributed by atoms with Crippen LogP contribution in [0.15, 0.2) is 18.2 Å². The van der Waals surface area contributed by atoms with Crippen LogP contribution >= 0.6 is 0 Å². The quantitative estimate of drug-likeness (QED) is 0.786. The molecule has 0 spiro atoms. The minimum absolute atomic E-state index is 0.114. The van der Waals surface area contributed by atoms with Crippen molar-refractivity contribution in [1.29, 1.82) is 0 Å². The molecule has 1 aliphatic heterocycles. The highest BCUT2D eigenvalue weighted by molar-refractivity contribution is 6.00. The molecule has 108 valence electrons. The lowest BCUT2D eigenvalue weighted by Crippen LogP contribution is -2.31. The number of carboxylic acids is 1. The Hall–Kier alpha value is -2.08. The smallest absolute Gasteiger partial charge is 0.303 e. The van der Waals surface area contributed by atoms with Gasteiger partial charge in [0.2, 0.25) is 0 Å².